The molecule has 24 heavy (non-hydrogen) atoms. The maximum Gasteiger partial charge on any atom is 0.417 e. The minimum Gasteiger partial charge on any atom is -0.346 e. The van der Waals surface area contributed by atoms with Crippen LogP contribution in [0.1, 0.15) is 28.9 Å². The molecule has 2 bridgehead atoms. The van der Waals surface area contributed by atoms with Crippen LogP contribution < -0.4 is 5.32 Å². The summed E-state index contributed by atoms with van der Waals surface area (Å²) in [4.78, 5) is 19.0. The van der Waals surface area contributed by atoms with Crippen molar-refractivity contribution in [1.29, 1.82) is 0 Å². The number of halogens is 3. The van der Waals surface area contributed by atoms with Gasteiger partial charge < -0.3 is 10.2 Å². The molecule has 3 fully saturated rings. The van der Waals surface area contributed by atoms with Gasteiger partial charge >= 0.3 is 6.18 Å². The molecule has 3 aliphatic rings. The molecule has 5 heterocycles. The van der Waals surface area contributed by atoms with Crippen LogP contribution in [0.15, 0.2) is 17.6 Å². The van der Waals surface area contributed by atoms with Crippen molar-refractivity contribution in [2.24, 2.45) is 5.92 Å². The number of piperidine rings is 3. The Morgan fingerprint density at radius 2 is 2.08 bits per heavy atom. The highest BCUT2D eigenvalue weighted by molar-refractivity contribution is 7.17. The number of fused-ring (bicyclic) bond motifs is 4. The van der Waals surface area contributed by atoms with Crippen LogP contribution in [0, 0.1) is 5.92 Å². The number of hydrogen-bond acceptors (Lipinski definition) is 4. The van der Waals surface area contributed by atoms with E-state index < -0.39 is 11.7 Å². The van der Waals surface area contributed by atoms with Crippen LogP contribution in [0.5, 0.6) is 0 Å². The van der Waals surface area contributed by atoms with Crippen molar-refractivity contribution in [3.63, 3.8) is 0 Å². The topological polar surface area (TPSA) is 45.2 Å². The van der Waals surface area contributed by atoms with E-state index in [1.807, 2.05) is 0 Å². The number of nitrogens with one attached hydrogen (secondary N) is 1. The first-order valence-electron chi connectivity index (χ1n) is 7.90. The summed E-state index contributed by atoms with van der Waals surface area (Å²) in [5.74, 6) is 0.0714. The van der Waals surface area contributed by atoms with E-state index in [-0.39, 0.29) is 23.0 Å². The molecule has 1 N–H and O–H groups in total. The normalized spacial score (nSPS) is 26.7. The zero-order valence-electron chi connectivity index (χ0n) is 12.8. The van der Waals surface area contributed by atoms with Crippen LogP contribution in [-0.2, 0) is 6.18 Å². The predicted molar refractivity (Wildman–Crippen MR) is 85.0 cm³/mol. The number of alkyl halides is 3. The molecule has 8 heteroatoms. The third kappa shape index (κ3) is 2.67. The number of amides is 1. The van der Waals surface area contributed by atoms with E-state index in [1.54, 1.807) is 0 Å². The molecule has 0 aromatic carbocycles. The minimum absolute atomic E-state index is 0.0431. The Labute approximate surface area is 140 Å². The van der Waals surface area contributed by atoms with Gasteiger partial charge in [0.2, 0.25) is 0 Å². The second-order valence-electron chi connectivity index (χ2n) is 6.40. The first-order chi connectivity index (χ1) is 11.4. The largest absolute Gasteiger partial charge is 0.417 e. The fraction of sp³-hybridized carbons (Fsp3) is 0.500. The number of hydrogen-bond donors (Lipinski definition) is 1. The number of thiophene rings is 1. The Balaban J connectivity index is 1.62. The molecular formula is C16H16F3N3OS. The zero-order chi connectivity index (χ0) is 16.9. The molecule has 5 rings (SSSR count). The zero-order valence-corrected chi connectivity index (χ0v) is 13.6. The van der Waals surface area contributed by atoms with Gasteiger partial charge in [-0.3, -0.25) is 4.79 Å². The number of aromatic nitrogens is 1. The average Bonchev–Trinajstić information content (AvgIpc) is 3.00. The standard InChI is InChI=1S/C16H16F3N3OS/c17-16(18,19)11-8-24-14-10(11)1-4-20-13(14)15(23)21-12-7-22-5-2-9(12)3-6-22/h1,4,8-9,12H,2-3,5-7H2,(H,21,23)/t12-/m0/s1. The van der Waals surface area contributed by atoms with Crippen molar-refractivity contribution in [1.82, 2.24) is 15.2 Å². The summed E-state index contributed by atoms with van der Waals surface area (Å²) in [5.41, 5.74) is -0.619. The highest BCUT2D eigenvalue weighted by Crippen LogP contribution is 2.39. The lowest BCUT2D eigenvalue weighted by atomic mass is 9.84. The van der Waals surface area contributed by atoms with Gasteiger partial charge in [0, 0.05) is 29.5 Å². The molecule has 128 valence electrons. The van der Waals surface area contributed by atoms with Crippen molar-refractivity contribution in [3.8, 4) is 0 Å². The predicted octanol–water partition coefficient (Wildman–Crippen LogP) is 3.14. The van der Waals surface area contributed by atoms with E-state index in [1.165, 1.54) is 12.3 Å². The molecule has 0 saturated carbocycles. The van der Waals surface area contributed by atoms with Crippen LogP contribution in [0.3, 0.4) is 0 Å². The van der Waals surface area contributed by atoms with Crippen LogP contribution >= 0.6 is 11.3 Å². The van der Waals surface area contributed by atoms with Crippen molar-refractivity contribution in [2.75, 3.05) is 19.6 Å². The molecule has 3 saturated heterocycles. The lowest BCUT2D eigenvalue weighted by Crippen LogP contribution is -2.57. The molecule has 0 spiro atoms. The van der Waals surface area contributed by atoms with E-state index in [0.717, 1.165) is 49.2 Å². The van der Waals surface area contributed by atoms with E-state index in [4.69, 9.17) is 0 Å². The van der Waals surface area contributed by atoms with E-state index in [2.05, 4.69) is 15.2 Å². The molecule has 2 aromatic heterocycles. The maximum absolute atomic E-state index is 13.0. The summed E-state index contributed by atoms with van der Waals surface area (Å²) in [5, 5.41) is 4.09. The van der Waals surface area contributed by atoms with E-state index >= 15 is 0 Å². The Bertz CT molecular complexity index is 780. The van der Waals surface area contributed by atoms with Gasteiger partial charge in [0.1, 0.15) is 5.69 Å². The van der Waals surface area contributed by atoms with Crippen LogP contribution in [0.2, 0.25) is 0 Å². The Morgan fingerprint density at radius 3 is 2.71 bits per heavy atom. The summed E-state index contributed by atoms with van der Waals surface area (Å²) >= 11 is 0.919. The lowest BCUT2D eigenvalue weighted by molar-refractivity contribution is -0.136. The second-order valence-corrected chi connectivity index (χ2v) is 7.28. The molecule has 2 aromatic rings. The SMILES string of the molecule is O=C(N[C@H]1CN2CCC1CC2)c1nccc2c(C(F)(F)F)csc12. The molecule has 4 nitrogen and oxygen atoms in total. The van der Waals surface area contributed by atoms with Crippen LogP contribution in [0.4, 0.5) is 13.2 Å². The summed E-state index contributed by atoms with van der Waals surface area (Å²) in [7, 11) is 0. The van der Waals surface area contributed by atoms with E-state index in [0.29, 0.717) is 10.6 Å². The summed E-state index contributed by atoms with van der Waals surface area (Å²) in [6, 6.07) is 1.37. The van der Waals surface area contributed by atoms with Gasteiger partial charge in [-0.1, -0.05) is 0 Å². The summed E-state index contributed by atoms with van der Waals surface area (Å²) in [6.07, 6.45) is -1.04. The number of nitrogens with zero attached hydrogens (tertiary/aromatic N) is 2. The fourth-order valence-corrected chi connectivity index (χ4v) is 4.77. The number of carbonyl (C=O) groups is 1. The van der Waals surface area contributed by atoms with Gasteiger partial charge in [-0.15, -0.1) is 11.3 Å². The lowest BCUT2D eigenvalue weighted by Gasteiger charge is -2.44. The first-order valence-corrected chi connectivity index (χ1v) is 8.78. The minimum atomic E-state index is -4.43. The molecule has 1 atom stereocenters. The Kier molecular flexibility index (Phi) is 3.76. The van der Waals surface area contributed by atoms with Crippen LogP contribution in [0.25, 0.3) is 10.1 Å². The third-order valence-electron chi connectivity index (χ3n) is 4.98. The summed E-state index contributed by atoms with van der Waals surface area (Å²) in [6.45, 7) is 2.93. The van der Waals surface area contributed by atoms with Gasteiger partial charge in [-0.25, -0.2) is 4.98 Å². The molecule has 0 unspecified atom stereocenters. The smallest absolute Gasteiger partial charge is 0.346 e. The monoisotopic (exact) mass is 355 g/mol. The van der Waals surface area contributed by atoms with E-state index in [9.17, 15) is 18.0 Å². The Morgan fingerprint density at radius 1 is 1.33 bits per heavy atom. The quantitative estimate of drug-likeness (QED) is 0.900. The van der Waals surface area contributed by atoms with Crippen LogP contribution in [-0.4, -0.2) is 41.5 Å². The van der Waals surface area contributed by atoms with Gasteiger partial charge in [0.15, 0.2) is 0 Å². The Hall–Kier alpha value is -1.67. The van der Waals surface area contributed by atoms with Gasteiger partial charge in [-0.05, 0) is 37.9 Å². The van der Waals surface area contributed by atoms with Gasteiger partial charge in [-0.2, -0.15) is 13.2 Å². The molecule has 1 amide bonds. The van der Waals surface area contributed by atoms with Crippen molar-refractivity contribution in [2.45, 2.75) is 25.1 Å². The molecule has 0 aliphatic carbocycles. The van der Waals surface area contributed by atoms with Crippen molar-refractivity contribution < 1.29 is 18.0 Å². The highest BCUT2D eigenvalue weighted by Gasteiger charge is 2.37. The van der Waals surface area contributed by atoms with Crippen molar-refractivity contribution >= 4 is 27.3 Å². The highest BCUT2D eigenvalue weighted by atomic mass is 32.1. The average molecular weight is 355 g/mol. The van der Waals surface area contributed by atoms with Crippen molar-refractivity contribution in [3.05, 3.63) is 28.9 Å². The molecule has 3 aliphatic heterocycles. The number of rotatable bonds is 2. The summed E-state index contributed by atoms with van der Waals surface area (Å²) < 4.78 is 39.4. The third-order valence-corrected chi connectivity index (χ3v) is 5.98. The maximum atomic E-state index is 13.0. The van der Waals surface area contributed by atoms with Gasteiger partial charge in [0.05, 0.1) is 10.3 Å². The second kappa shape index (κ2) is 5.70. The van der Waals surface area contributed by atoms with Gasteiger partial charge in [0.25, 0.3) is 5.91 Å². The number of carbonyl (C=O) groups excluding carboxylic acids is 1. The molecule has 0 radical (unpaired) electrons. The number of pyridine rings is 1. The first kappa shape index (κ1) is 15.8. The molecular weight excluding hydrogens is 339 g/mol. The fourth-order valence-electron chi connectivity index (χ4n) is 3.71.